The first kappa shape index (κ1) is 21.0. The summed E-state index contributed by atoms with van der Waals surface area (Å²) in [4.78, 5) is 24.2. The Bertz CT molecular complexity index is 963. The number of nitrogens with one attached hydrogen (secondary N) is 1. The van der Waals surface area contributed by atoms with Crippen LogP contribution in [0.3, 0.4) is 0 Å². The summed E-state index contributed by atoms with van der Waals surface area (Å²) >= 11 is 0. The molecule has 0 saturated carbocycles. The van der Waals surface area contributed by atoms with Gasteiger partial charge in [0.25, 0.3) is 5.91 Å². The third kappa shape index (κ3) is 6.44. The van der Waals surface area contributed by atoms with Crippen LogP contribution in [-0.2, 0) is 20.7 Å². The van der Waals surface area contributed by atoms with Gasteiger partial charge >= 0.3 is 5.97 Å². The average molecular weight is 407 g/mol. The maximum Gasteiger partial charge on any atom is 0.344 e. The second kappa shape index (κ2) is 10.8. The quantitative estimate of drug-likeness (QED) is 0.548. The molecule has 0 spiro atoms. The highest BCUT2D eigenvalue weighted by atomic mass is 19.1. The predicted molar refractivity (Wildman–Crippen MR) is 110 cm³/mol. The molecule has 3 aromatic carbocycles. The lowest BCUT2D eigenvalue weighted by atomic mass is 9.99. The molecule has 30 heavy (non-hydrogen) atoms. The van der Waals surface area contributed by atoms with E-state index in [4.69, 9.17) is 9.47 Å². The van der Waals surface area contributed by atoms with Crippen LogP contribution in [0.1, 0.15) is 17.2 Å². The second-order valence-electron chi connectivity index (χ2n) is 6.60. The fourth-order valence-corrected chi connectivity index (χ4v) is 2.91. The Kier molecular flexibility index (Phi) is 7.55. The van der Waals surface area contributed by atoms with E-state index in [-0.39, 0.29) is 11.8 Å². The molecular weight excluding hydrogens is 385 g/mol. The summed E-state index contributed by atoms with van der Waals surface area (Å²) in [5.74, 6) is -1.81. The van der Waals surface area contributed by atoms with E-state index >= 15 is 0 Å². The van der Waals surface area contributed by atoms with Gasteiger partial charge in [-0.05, 0) is 29.7 Å². The first-order valence-electron chi connectivity index (χ1n) is 9.53. The lowest BCUT2D eigenvalue weighted by molar-refractivity contribution is -0.150. The Balaban J connectivity index is 1.52. The molecule has 0 unspecified atom stereocenters. The Hall–Kier alpha value is -3.67. The number of amides is 1. The Morgan fingerprint density at radius 1 is 0.833 bits per heavy atom. The van der Waals surface area contributed by atoms with Crippen molar-refractivity contribution in [3.05, 3.63) is 102 Å². The lowest BCUT2D eigenvalue weighted by Crippen LogP contribution is -2.34. The van der Waals surface area contributed by atoms with Crippen LogP contribution in [0.15, 0.2) is 84.9 Å². The van der Waals surface area contributed by atoms with Crippen molar-refractivity contribution in [2.75, 3.05) is 13.2 Å². The number of halogens is 1. The average Bonchev–Trinajstić information content (AvgIpc) is 2.78. The molecule has 0 aliphatic carbocycles. The summed E-state index contributed by atoms with van der Waals surface area (Å²) in [5, 5.41) is 2.90. The van der Waals surface area contributed by atoms with Gasteiger partial charge in [-0.15, -0.1) is 0 Å². The monoisotopic (exact) mass is 407 g/mol. The van der Waals surface area contributed by atoms with Crippen molar-refractivity contribution in [2.24, 2.45) is 0 Å². The predicted octanol–water partition coefficient (Wildman–Crippen LogP) is 3.85. The standard InChI is InChI=1S/C24H22FNO4/c25-20-13-7-8-14-22(20)29-17-24(28)30-16-23(27)26-21(19-11-5-2-6-12-19)15-18-9-3-1-4-10-18/h1-14,21H,15-17H2,(H,26,27)/t21-/m1/s1. The van der Waals surface area contributed by atoms with Gasteiger partial charge in [-0.25, -0.2) is 9.18 Å². The van der Waals surface area contributed by atoms with Crippen molar-refractivity contribution < 1.29 is 23.5 Å². The summed E-state index contributed by atoms with van der Waals surface area (Å²) < 4.78 is 23.5. The molecule has 1 atom stereocenters. The SMILES string of the molecule is O=C(COC(=O)COc1ccccc1F)N[C@H](Cc1ccccc1)c1ccccc1. The second-order valence-corrected chi connectivity index (χ2v) is 6.60. The normalized spacial score (nSPS) is 11.4. The molecule has 6 heteroatoms. The van der Waals surface area contributed by atoms with Crippen molar-refractivity contribution in [3.63, 3.8) is 0 Å². The molecule has 0 aliphatic rings. The highest BCUT2D eigenvalue weighted by molar-refractivity contribution is 5.81. The zero-order chi connectivity index (χ0) is 21.2. The molecular formula is C24H22FNO4. The van der Waals surface area contributed by atoms with E-state index in [0.717, 1.165) is 11.1 Å². The summed E-state index contributed by atoms with van der Waals surface area (Å²) in [6, 6.07) is 24.8. The van der Waals surface area contributed by atoms with Gasteiger partial charge in [0.1, 0.15) is 0 Å². The van der Waals surface area contributed by atoms with Gasteiger partial charge in [0.15, 0.2) is 24.8 Å². The highest BCUT2D eigenvalue weighted by Gasteiger charge is 2.17. The van der Waals surface area contributed by atoms with Crippen molar-refractivity contribution in [1.82, 2.24) is 5.32 Å². The Labute approximate surface area is 174 Å². The largest absolute Gasteiger partial charge is 0.479 e. The molecule has 0 aliphatic heterocycles. The molecule has 0 saturated heterocycles. The number of rotatable bonds is 9. The van der Waals surface area contributed by atoms with E-state index in [1.165, 1.54) is 18.2 Å². The number of ether oxygens (including phenoxy) is 2. The summed E-state index contributed by atoms with van der Waals surface area (Å²) in [6.45, 7) is -0.933. The minimum absolute atomic E-state index is 0.0501. The van der Waals surface area contributed by atoms with Gasteiger partial charge in [-0.2, -0.15) is 0 Å². The van der Waals surface area contributed by atoms with Crippen molar-refractivity contribution in [2.45, 2.75) is 12.5 Å². The van der Waals surface area contributed by atoms with E-state index in [0.29, 0.717) is 6.42 Å². The van der Waals surface area contributed by atoms with Crippen LogP contribution in [0.2, 0.25) is 0 Å². The topological polar surface area (TPSA) is 64.6 Å². The zero-order valence-electron chi connectivity index (χ0n) is 16.3. The molecule has 0 heterocycles. The number of carbonyl (C=O) groups is 2. The van der Waals surface area contributed by atoms with Crippen molar-refractivity contribution >= 4 is 11.9 Å². The number of carbonyl (C=O) groups excluding carboxylic acids is 2. The molecule has 0 bridgehead atoms. The van der Waals surface area contributed by atoms with Crippen LogP contribution in [0.5, 0.6) is 5.75 Å². The van der Waals surface area contributed by atoms with E-state index in [2.05, 4.69) is 5.32 Å². The van der Waals surface area contributed by atoms with Gasteiger partial charge in [0, 0.05) is 0 Å². The third-order valence-electron chi connectivity index (χ3n) is 4.37. The maximum atomic E-state index is 13.5. The van der Waals surface area contributed by atoms with Crippen LogP contribution in [0.25, 0.3) is 0 Å². The van der Waals surface area contributed by atoms with Gasteiger partial charge < -0.3 is 14.8 Å². The summed E-state index contributed by atoms with van der Waals surface area (Å²) in [7, 11) is 0. The molecule has 0 radical (unpaired) electrons. The number of hydrogen-bond donors (Lipinski definition) is 1. The Morgan fingerprint density at radius 3 is 2.17 bits per heavy atom. The lowest BCUT2D eigenvalue weighted by Gasteiger charge is -2.19. The molecule has 0 fully saturated rings. The molecule has 0 aromatic heterocycles. The van der Waals surface area contributed by atoms with E-state index in [9.17, 15) is 14.0 Å². The van der Waals surface area contributed by atoms with Gasteiger partial charge in [0.05, 0.1) is 6.04 Å². The minimum atomic E-state index is -0.757. The van der Waals surface area contributed by atoms with Crippen molar-refractivity contribution in [1.29, 1.82) is 0 Å². The summed E-state index contributed by atoms with van der Waals surface area (Å²) in [5.41, 5.74) is 2.02. The molecule has 1 amide bonds. The van der Waals surface area contributed by atoms with E-state index < -0.39 is 30.9 Å². The fraction of sp³-hybridized carbons (Fsp3) is 0.167. The van der Waals surface area contributed by atoms with Gasteiger partial charge in [0.2, 0.25) is 0 Å². The molecule has 154 valence electrons. The first-order chi connectivity index (χ1) is 14.6. The highest BCUT2D eigenvalue weighted by Crippen LogP contribution is 2.18. The maximum absolute atomic E-state index is 13.5. The molecule has 5 nitrogen and oxygen atoms in total. The number of hydrogen-bond acceptors (Lipinski definition) is 4. The third-order valence-corrected chi connectivity index (χ3v) is 4.37. The van der Waals surface area contributed by atoms with Crippen LogP contribution < -0.4 is 10.1 Å². The Morgan fingerprint density at radius 2 is 1.47 bits per heavy atom. The number of benzene rings is 3. The number of esters is 1. The zero-order valence-corrected chi connectivity index (χ0v) is 16.3. The van der Waals surface area contributed by atoms with Crippen LogP contribution in [0, 0.1) is 5.82 Å². The van der Waals surface area contributed by atoms with Crippen LogP contribution >= 0.6 is 0 Å². The van der Waals surface area contributed by atoms with Gasteiger partial charge in [-0.3, -0.25) is 4.79 Å². The number of para-hydroxylation sites is 1. The minimum Gasteiger partial charge on any atom is -0.479 e. The molecule has 3 aromatic rings. The molecule has 3 rings (SSSR count). The van der Waals surface area contributed by atoms with E-state index in [1.54, 1.807) is 6.07 Å². The fourth-order valence-electron chi connectivity index (χ4n) is 2.91. The van der Waals surface area contributed by atoms with Crippen molar-refractivity contribution in [3.8, 4) is 5.75 Å². The van der Waals surface area contributed by atoms with Crippen LogP contribution in [0.4, 0.5) is 4.39 Å². The summed E-state index contributed by atoms with van der Waals surface area (Å²) in [6.07, 6.45) is 0.598. The smallest absolute Gasteiger partial charge is 0.344 e. The van der Waals surface area contributed by atoms with Gasteiger partial charge in [-0.1, -0.05) is 72.8 Å². The first-order valence-corrected chi connectivity index (χ1v) is 9.53. The van der Waals surface area contributed by atoms with E-state index in [1.807, 2.05) is 60.7 Å². The molecule has 1 N–H and O–H groups in total. The van der Waals surface area contributed by atoms with Crippen LogP contribution in [-0.4, -0.2) is 25.1 Å².